The van der Waals surface area contributed by atoms with Gasteiger partial charge in [-0.3, -0.25) is 4.57 Å². The van der Waals surface area contributed by atoms with Crippen LogP contribution in [-0.4, -0.2) is 24.5 Å². The number of benzene rings is 8. The molecule has 338 valence electrons. The summed E-state index contributed by atoms with van der Waals surface area (Å²) < 4.78 is 15.1. The molecule has 0 spiro atoms. The molecule has 0 aliphatic carbocycles. The zero-order chi connectivity index (χ0) is 47.5. The number of ether oxygens (including phenoxy) is 2. The number of nitrogens with zero attached hydrogens (tertiary/aromatic N) is 5. The van der Waals surface area contributed by atoms with Crippen molar-refractivity contribution in [2.75, 3.05) is 0 Å². The van der Waals surface area contributed by atoms with Gasteiger partial charge in [-0.2, -0.15) is 0 Å². The summed E-state index contributed by atoms with van der Waals surface area (Å²) in [5, 5.41) is 2.14. The first kappa shape index (κ1) is 42.9. The second-order valence-corrected chi connectivity index (χ2v) is 17.4. The van der Waals surface area contributed by atoms with E-state index >= 15 is 0 Å². The van der Waals surface area contributed by atoms with Crippen LogP contribution in [0.3, 0.4) is 0 Å². The van der Waals surface area contributed by atoms with Gasteiger partial charge >= 0.3 is 0 Å². The lowest BCUT2D eigenvalue weighted by molar-refractivity contribution is 0.461. The number of fused-ring (bicyclic) bond motifs is 3. The fourth-order valence-electron chi connectivity index (χ4n) is 10.5. The molecule has 8 aromatic carbocycles. The zero-order valence-electron chi connectivity index (χ0n) is 38.5. The Bertz CT molecular complexity index is 3440. The summed E-state index contributed by atoms with van der Waals surface area (Å²) in [7, 11) is 0. The number of aromatic nitrogens is 5. The van der Waals surface area contributed by atoms with Crippen LogP contribution >= 0.6 is 0 Å². The van der Waals surface area contributed by atoms with Gasteiger partial charge in [0.15, 0.2) is 0 Å². The van der Waals surface area contributed by atoms with Crippen LogP contribution in [0.5, 0.6) is 23.3 Å². The average Bonchev–Trinajstić information content (AvgIpc) is 3.77. The predicted octanol–water partition coefficient (Wildman–Crippen LogP) is 14.7. The molecule has 0 atom stereocenters. The van der Waals surface area contributed by atoms with Gasteiger partial charge in [-0.05, 0) is 99.1 Å². The second-order valence-electron chi connectivity index (χ2n) is 17.4. The third-order valence-corrected chi connectivity index (χ3v) is 13.5. The minimum absolute atomic E-state index is 0.525. The topological polar surface area (TPSA) is 75.0 Å². The van der Waals surface area contributed by atoms with E-state index in [4.69, 9.17) is 19.4 Å². The van der Waals surface area contributed by atoms with Gasteiger partial charge in [0.25, 0.3) is 0 Å². The van der Waals surface area contributed by atoms with Crippen LogP contribution < -0.4 is 9.47 Å². The van der Waals surface area contributed by atoms with Crippen molar-refractivity contribution in [2.24, 2.45) is 0 Å². The average molecular weight is 916 g/mol. The molecule has 4 heterocycles. The molecule has 0 aliphatic rings. The number of rotatable bonds is 13. The maximum absolute atomic E-state index is 6.43. The highest BCUT2D eigenvalue weighted by Gasteiger charge is 2.41. The first-order valence-corrected chi connectivity index (χ1v) is 23.7. The van der Waals surface area contributed by atoms with Crippen molar-refractivity contribution in [1.82, 2.24) is 24.5 Å². The predicted molar refractivity (Wildman–Crippen MR) is 282 cm³/mol. The van der Waals surface area contributed by atoms with Crippen molar-refractivity contribution < 1.29 is 9.47 Å². The number of hydrogen-bond acceptors (Lipinski definition) is 6. The number of pyridine rings is 2. The number of hydrogen-bond donors (Lipinski definition) is 0. The Morgan fingerprint density at radius 3 is 1.01 bits per heavy atom. The van der Waals surface area contributed by atoms with Gasteiger partial charge in [0.05, 0.1) is 21.9 Å². The standard InChI is InChI=1S/C64H45N5O2/c1-5-20-46(21-6-1)63(47-22-7-2-8-23-47,50-28-17-30-54(42-50)70-60-32-13-15-38-65-60)52-34-36-56-57-37-35-53(45-59(57)69(58(56)44-52)62-67-40-19-41-68-62)64(48-24-9-3-10-25-48,49-26-11-4-12-27-49)51-29-18-31-55(43-51)71-61-33-14-16-39-66-61/h1-45H. The summed E-state index contributed by atoms with van der Waals surface area (Å²) in [6.07, 6.45) is 7.10. The molecule has 71 heavy (non-hydrogen) atoms. The highest BCUT2D eigenvalue weighted by molar-refractivity contribution is 6.09. The molecule has 0 radical (unpaired) electrons. The van der Waals surface area contributed by atoms with Crippen LogP contribution in [0, 0.1) is 0 Å². The highest BCUT2D eigenvalue weighted by atomic mass is 16.5. The van der Waals surface area contributed by atoms with Crippen LogP contribution in [0.2, 0.25) is 0 Å². The molecule has 12 aromatic rings. The van der Waals surface area contributed by atoms with Crippen LogP contribution in [0.1, 0.15) is 44.5 Å². The van der Waals surface area contributed by atoms with Crippen LogP contribution in [0.4, 0.5) is 0 Å². The molecule has 4 aromatic heterocycles. The van der Waals surface area contributed by atoms with E-state index in [1.807, 2.05) is 67.0 Å². The van der Waals surface area contributed by atoms with E-state index in [1.54, 1.807) is 12.4 Å². The zero-order valence-corrected chi connectivity index (χ0v) is 38.5. The van der Waals surface area contributed by atoms with Gasteiger partial charge in [-0.15, -0.1) is 0 Å². The van der Waals surface area contributed by atoms with Crippen molar-refractivity contribution in [3.05, 3.63) is 318 Å². The second kappa shape index (κ2) is 18.6. The third-order valence-electron chi connectivity index (χ3n) is 13.5. The molecule has 0 aliphatic heterocycles. The maximum atomic E-state index is 6.43. The fourth-order valence-corrected chi connectivity index (χ4v) is 10.5. The van der Waals surface area contributed by atoms with Crippen molar-refractivity contribution >= 4 is 21.8 Å². The van der Waals surface area contributed by atoms with Gasteiger partial charge in [0.2, 0.25) is 17.7 Å². The Balaban J connectivity index is 1.13. The van der Waals surface area contributed by atoms with E-state index in [-0.39, 0.29) is 0 Å². The lowest BCUT2D eigenvalue weighted by Gasteiger charge is -2.37. The smallest absolute Gasteiger partial charge is 0.234 e. The maximum Gasteiger partial charge on any atom is 0.234 e. The molecular weight excluding hydrogens is 871 g/mol. The van der Waals surface area contributed by atoms with Crippen LogP contribution in [0.25, 0.3) is 27.8 Å². The Morgan fingerprint density at radius 2 is 0.634 bits per heavy atom. The van der Waals surface area contributed by atoms with Crippen molar-refractivity contribution in [3.63, 3.8) is 0 Å². The van der Waals surface area contributed by atoms with E-state index in [0.29, 0.717) is 29.2 Å². The van der Waals surface area contributed by atoms with E-state index in [2.05, 4.69) is 209 Å². The molecule has 0 saturated carbocycles. The normalized spacial score (nSPS) is 11.7. The third kappa shape index (κ3) is 7.66. The summed E-state index contributed by atoms with van der Waals surface area (Å²) in [6.45, 7) is 0. The van der Waals surface area contributed by atoms with E-state index < -0.39 is 10.8 Å². The largest absolute Gasteiger partial charge is 0.439 e. The van der Waals surface area contributed by atoms with Gasteiger partial charge in [-0.1, -0.05) is 182 Å². The molecule has 7 nitrogen and oxygen atoms in total. The monoisotopic (exact) mass is 915 g/mol. The Hall–Kier alpha value is -9.46. The molecule has 0 bridgehead atoms. The highest BCUT2D eigenvalue weighted by Crippen LogP contribution is 2.50. The van der Waals surface area contributed by atoms with Gasteiger partial charge < -0.3 is 9.47 Å². The first-order valence-electron chi connectivity index (χ1n) is 23.7. The Labute approximate surface area is 412 Å². The molecular formula is C64H45N5O2. The molecule has 7 heteroatoms. The van der Waals surface area contributed by atoms with Crippen molar-refractivity contribution in [2.45, 2.75) is 10.8 Å². The van der Waals surface area contributed by atoms with E-state index in [9.17, 15) is 0 Å². The summed E-state index contributed by atoms with van der Waals surface area (Å²) in [5.41, 5.74) is 8.93. The molecule has 12 rings (SSSR count). The lowest BCUT2D eigenvalue weighted by Crippen LogP contribution is -2.31. The summed E-state index contributed by atoms with van der Waals surface area (Å²) in [4.78, 5) is 18.9. The summed E-state index contributed by atoms with van der Waals surface area (Å²) in [5.74, 6) is 2.99. The molecule has 0 N–H and O–H groups in total. The fraction of sp³-hybridized carbons (Fsp3) is 0.0312. The SMILES string of the molecule is c1ccc(C(c2ccccc2)(c2cccc(Oc3ccccn3)c2)c2ccc3c4ccc(C(c5ccccc5)(c5ccccc5)c5cccc(Oc6ccccn6)c5)cc4n(-c4ncccn4)c3c2)cc1. The Kier molecular flexibility index (Phi) is 11.2. The van der Waals surface area contributed by atoms with Gasteiger partial charge in [-0.25, -0.2) is 19.9 Å². The van der Waals surface area contributed by atoms with Gasteiger partial charge in [0, 0.05) is 47.7 Å². The molecule has 0 amide bonds. The minimum Gasteiger partial charge on any atom is -0.439 e. The summed E-state index contributed by atoms with van der Waals surface area (Å²) >= 11 is 0. The molecule has 0 saturated heterocycles. The molecule has 0 unspecified atom stereocenters. The lowest BCUT2D eigenvalue weighted by atomic mass is 9.65. The quantitative estimate of drug-likeness (QED) is 0.107. The van der Waals surface area contributed by atoms with E-state index in [0.717, 1.165) is 66.3 Å². The van der Waals surface area contributed by atoms with Crippen molar-refractivity contribution in [3.8, 4) is 29.2 Å². The van der Waals surface area contributed by atoms with Crippen LogP contribution in [-0.2, 0) is 10.8 Å². The first-order chi connectivity index (χ1) is 35.2. The Morgan fingerprint density at radius 1 is 0.282 bits per heavy atom. The van der Waals surface area contributed by atoms with Gasteiger partial charge in [0.1, 0.15) is 11.5 Å². The summed E-state index contributed by atoms with van der Waals surface area (Å²) in [6, 6.07) is 86.7. The molecule has 0 fully saturated rings. The van der Waals surface area contributed by atoms with Crippen molar-refractivity contribution in [1.29, 1.82) is 0 Å². The minimum atomic E-state index is -0.803. The van der Waals surface area contributed by atoms with E-state index in [1.165, 1.54) is 0 Å². The van der Waals surface area contributed by atoms with Crippen LogP contribution in [0.15, 0.2) is 274 Å².